The summed E-state index contributed by atoms with van der Waals surface area (Å²) in [4.78, 5) is 19.2. The smallest absolute Gasteiger partial charge is 0.225 e. The molecule has 0 radical (unpaired) electrons. The fraction of sp³-hybridized carbons (Fsp3) is 0.500. The van der Waals surface area contributed by atoms with E-state index >= 15 is 0 Å². The quantitative estimate of drug-likeness (QED) is 0.812. The predicted octanol–water partition coefficient (Wildman–Crippen LogP) is 4.78. The molecule has 2 heterocycles. The maximum atomic E-state index is 12.5. The standard InChI is InChI=1S/C20H26N2O2/c1-13(2)18-17(15-9-6-5-7-10-15)21-19(24-18)16-11-8-12-22(16)20(23)14(3)4/h5-7,9-10,13-14,16H,8,11-12H2,1-4H3/t16-/m1/s1. The summed E-state index contributed by atoms with van der Waals surface area (Å²) in [7, 11) is 0. The Labute approximate surface area is 143 Å². The highest BCUT2D eigenvalue weighted by molar-refractivity contribution is 5.78. The Hall–Kier alpha value is -2.10. The first-order valence-electron chi connectivity index (χ1n) is 8.85. The molecule has 0 bridgehead atoms. The Morgan fingerprint density at radius 2 is 1.92 bits per heavy atom. The molecular weight excluding hydrogens is 300 g/mol. The van der Waals surface area contributed by atoms with Gasteiger partial charge in [-0.3, -0.25) is 4.79 Å². The molecule has 2 aromatic rings. The molecule has 0 N–H and O–H groups in total. The highest BCUT2D eigenvalue weighted by Crippen LogP contribution is 2.37. The third-order valence-electron chi connectivity index (χ3n) is 4.56. The second-order valence-electron chi connectivity index (χ2n) is 7.13. The van der Waals surface area contributed by atoms with E-state index < -0.39 is 0 Å². The Morgan fingerprint density at radius 3 is 2.54 bits per heavy atom. The first-order valence-corrected chi connectivity index (χ1v) is 8.85. The van der Waals surface area contributed by atoms with Crippen molar-refractivity contribution in [1.29, 1.82) is 0 Å². The maximum absolute atomic E-state index is 12.5. The molecule has 0 saturated carbocycles. The summed E-state index contributed by atoms with van der Waals surface area (Å²) in [5, 5.41) is 0. The third-order valence-corrected chi connectivity index (χ3v) is 4.56. The van der Waals surface area contributed by atoms with E-state index in [1.165, 1.54) is 0 Å². The van der Waals surface area contributed by atoms with Crippen LogP contribution in [0.3, 0.4) is 0 Å². The lowest BCUT2D eigenvalue weighted by Crippen LogP contribution is -2.33. The molecule has 4 nitrogen and oxygen atoms in total. The van der Waals surface area contributed by atoms with Gasteiger partial charge in [-0.2, -0.15) is 0 Å². The first-order chi connectivity index (χ1) is 11.5. The second-order valence-corrected chi connectivity index (χ2v) is 7.13. The Balaban J connectivity index is 1.99. The predicted molar refractivity (Wildman–Crippen MR) is 94.6 cm³/mol. The van der Waals surface area contributed by atoms with Crippen LogP contribution in [0.15, 0.2) is 34.7 Å². The van der Waals surface area contributed by atoms with E-state index in [4.69, 9.17) is 9.40 Å². The zero-order valence-electron chi connectivity index (χ0n) is 15.0. The van der Waals surface area contributed by atoms with E-state index in [0.717, 1.165) is 36.4 Å². The number of nitrogens with zero attached hydrogens (tertiary/aromatic N) is 2. The van der Waals surface area contributed by atoms with Crippen molar-refractivity contribution in [2.75, 3.05) is 6.54 Å². The fourth-order valence-corrected chi connectivity index (χ4v) is 3.30. The van der Waals surface area contributed by atoms with Crippen molar-refractivity contribution < 1.29 is 9.21 Å². The fourth-order valence-electron chi connectivity index (χ4n) is 3.30. The molecule has 1 aromatic carbocycles. The van der Waals surface area contributed by atoms with Crippen molar-refractivity contribution in [3.8, 4) is 11.3 Å². The number of likely N-dealkylation sites (tertiary alicyclic amines) is 1. The number of hydrogen-bond donors (Lipinski definition) is 0. The summed E-state index contributed by atoms with van der Waals surface area (Å²) in [5.41, 5.74) is 1.97. The maximum Gasteiger partial charge on any atom is 0.225 e. The number of rotatable bonds is 4. The first kappa shape index (κ1) is 16.7. The van der Waals surface area contributed by atoms with Gasteiger partial charge in [-0.1, -0.05) is 58.0 Å². The van der Waals surface area contributed by atoms with Crippen LogP contribution in [-0.4, -0.2) is 22.3 Å². The molecule has 1 fully saturated rings. The number of carbonyl (C=O) groups excluding carboxylic acids is 1. The molecule has 1 amide bonds. The third kappa shape index (κ3) is 3.10. The van der Waals surface area contributed by atoms with Gasteiger partial charge in [0.2, 0.25) is 11.8 Å². The molecule has 0 spiro atoms. The molecule has 1 aliphatic rings. The summed E-state index contributed by atoms with van der Waals surface area (Å²) in [6, 6.07) is 10.1. The van der Waals surface area contributed by atoms with Crippen LogP contribution in [0, 0.1) is 5.92 Å². The van der Waals surface area contributed by atoms with Crippen LogP contribution in [0.1, 0.15) is 64.1 Å². The Bertz CT molecular complexity index is 704. The van der Waals surface area contributed by atoms with Gasteiger partial charge in [0.25, 0.3) is 0 Å². The van der Waals surface area contributed by atoms with E-state index in [0.29, 0.717) is 5.89 Å². The van der Waals surface area contributed by atoms with Crippen molar-refractivity contribution in [2.24, 2.45) is 5.92 Å². The lowest BCUT2D eigenvalue weighted by atomic mass is 10.0. The molecule has 0 unspecified atom stereocenters. The van der Waals surface area contributed by atoms with Crippen molar-refractivity contribution in [3.05, 3.63) is 42.0 Å². The zero-order chi connectivity index (χ0) is 17.3. The molecule has 128 valence electrons. The average Bonchev–Trinajstić information content (AvgIpc) is 3.21. The van der Waals surface area contributed by atoms with E-state index in [-0.39, 0.29) is 23.8 Å². The highest BCUT2D eigenvalue weighted by atomic mass is 16.4. The number of hydrogen-bond acceptors (Lipinski definition) is 3. The second kappa shape index (κ2) is 6.80. The molecule has 1 saturated heterocycles. The van der Waals surface area contributed by atoms with Crippen LogP contribution in [0.25, 0.3) is 11.3 Å². The lowest BCUT2D eigenvalue weighted by molar-refractivity contribution is -0.135. The van der Waals surface area contributed by atoms with E-state index in [9.17, 15) is 4.79 Å². The SMILES string of the molecule is CC(C)C(=O)N1CCC[C@@H]1c1nc(-c2ccccc2)c(C(C)C)o1. The minimum atomic E-state index is -0.0325. The zero-order valence-corrected chi connectivity index (χ0v) is 15.0. The normalized spacial score (nSPS) is 17.9. The van der Waals surface area contributed by atoms with Crippen LogP contribution in [-0.2, 0) is 4.79 Å². The minimum absolute atomic E-state index is 0.00118. The van der Waals surface area contributed by atoms with Gasteiger partial charge in [0.15, 0.2) is 0 Å². The summed E-state index contributed by atoms with van der Waals surface area (Å²) in [5.74, 6) is 2.02. The van der Waals surface area contributed by atoms with Gasteiger partial charge < -0.3 is 9.32 Å². The molecule has 24 heavy (non-hydrogen) atoms. The van der Waals surface area contributed by atoms with Gasteiger partial charge in [-0.15, -0.1) is 0 Å². The van der Waals surface area contributed by atoms with Gasteiger partial charge in [0, 0.05) is 23.9 Å². The molecule has 1 aromatic heterocycles. The largest absolute Gasteiger partial charge is 0.442 e. The van der Waals surface area contributed by atoms with Crippen LogP contribution < -0.4 is 0 Å². The monoisotopic (exact) mass is 326 g/mol. The van der Waals surface area contributed by atoms with Crippen molar-refractivity contribution in [2.45, 2.75) is 52.5 Å². The molecule has 1 aliphatic heterocycles. The Morgan fingerprint density at radius 1 is 1.21 bits per heavy atom. The highest BCUT2D eigenvalue weighted by Gasteiger charge is 2.35. The molecular formula is C20H26N2O2. The molecule has 3 rings (SSSR count). The van der Waals surface area contributed by atoms with Crippen LogP contribution in [0.4, 0.5) is 0 Å². The number of aromatic nitrogens is 1. The van der Waals surface area contributed by atoms with Gasteiger partial charge in [0.05, 0.1) is 0 Å². The topological polar surface area (TPSA) is 46.3 Å². The lowest BCUT2D eigenvalue weighted by Gasteiger charge is -2.24. The number of benzene rings is 1. The van der Waals surface area contributed by atoms with E-state index in [1.54, 1.807) is 0 Å². The summed E-state index contributed by atoms with van der Waals surface area (Å²) >= 11 is 0. The van der Waals surface area contributed by atoms with Gasteiger partial charge in [-0.25, -0.2) is 4.98 Å². The Kier molecular flexibility index (Phi) is 4.74. The average molecular weight is 326 g/mol. The molecule has 0 aliphatic carbocycles. The van der Waals surface area contributed by atoms with Gasteiger partial charge in [0.1, 0.15) is 17.5 Å². The summed E-state index contributed by atoms with van der Waals surface area (Å²) in [6.07, 6.45) is 1.92. The van der Waals surface area contributed by atoms with Gasteiger partial charge in [-0.05, 0) is 12.8 Å². The number of oxazole rings is 1. The molecule has 4 heteroatoms. The number of amides is 1. The number of carbonyl (C=O) groups is 1. The van der Waals surface area contributed by atoms with E-state index in [2.05, 4.69) is 26.0 Å². The van der Waals surface area contributed by atoms with E-state index in [1.807, 2.05) is 36.9 Å². The minimum Gasteiger partial charge on any atom is -0.442 e. The summed E-state index contributed by atoms with van der Waals surface area (Å²) < 4.78 is 6.17. The van der Waals surface area contributed by atoms with Gasteiger partial charge >= 0.3 is 0 Å². The van der Waals surface area contributed by atoms with Crippen molar-refractivity contribution >= 4 is 5.91 Å². The van der Waals surface area contributed by atoms with Crippen LogP contribution in [0.2, 0.25) is 0 Å². The summed E-state index contributed by atoms with van der Waals surface area (Å²) in [6.45, 7) is 8.91. The van der Waals surface area contributed by atoms with Crippen LogP contribution >= 0.6 is 0 Å². The molecule has 1 atom stereocenters. The van der Waals surface area contributed by atoms with Crippen molar-refractivity contribution in [1.82, 2.24) is 9.88 Å². The van der Waals surface area contributed by atoms with Crippen molar-refractivity contribution in [3.63, 3.8) is 0 Å². The van der Waals surface area contributed by atoms with Crippen LogP contribution in [0.5, 0.6) is 0 Å².